The lowest BCUT2D eigenvalue weighted by atomic mass is 9.79. The van der Waals surface area contributed by atoms with Gasteiger partial charge in [-0.3, -0.25) is 0 Å². The van der Waals surface area contributed by atoms with E-state index in [0.717, 1.165) is 17.1 Å². The average molecular weight is 340 g/mol. The fraction of sp³-hybridized carbons (Fsp3) is 0.875. The molecule has 2 fully saturated rings. The van der Waals surface area contributed by atoms with Crippen LogP contribution in [0.4, 0.5) is 0 Å². The third-order valence-electron chi connectivity index (χ3n) is 5.00. The maximum atomic E-state index is 4.54. The molecule has 20 heavy (non-hydrogen) atoms. The van der Waals surface area contributed by atoms with Gasteiger partial charge < -0.3 is 4.57 Å². The monoisotopic (exact) mass is 339 g/mol. The van der Waals surface area contributed by atoms with Crippen molar-refractivity contribution in [3.8, 4) is 0 Å². The molecule has 3 rings (SSSR count). The number of hydrogen-bond donors (Lipinski definition) is 0. The molecule has 1 aromatic rings. The topological polar surface area (TPSA) is 30.7 Å². The summed E-state index contributed by atoms with van der Waals surface area (Å²) in [5.74, 6) is 4.06. The molecule has 0 bridgehead atoms. The number of rotatable bonds is 6. The highest BCUT2D eigenvalue weighted by molar-refractivity contribution is 9.08. The lowest BCUT2D eigenvalue weighted by Gasteiger charge is -2.28. The highest BCUT2D eigenvalue weighted by atomic mass is 79.9. The maximum Gasteiger partial charge on any atom is 0.143 e. The Morgan fingerprint density at radius 1 is 1.10 bits per heavy atom. The van der Waals surface area contributed by atoms with Gasteiger partial charge in [-0.15, -0.1) is 10.2 Å². The van der Waals surface area contributed by atoms with E-state index >= 15 is 0 Å². The van der Waals surface area contributed by atoms with Crippen molar-refractivity contribution in [2.75, 3.05) is 0 Å². The Morgan fingerprint density at radius 2 is 1.85 bits per heavy atom. The molecule has 2 aliphatic carbocycles. The van der Waals surface area contributed by atoms with Crippen molar-refractivity contribution in [2.24, 2.45) is 5.92 Å². The second-order valence-corrected chi connectivity index (χ2v) is 7.13. The van der Waals surface area contributed by atoms with E-state index < -0.39 is 0 Å². The Labute approximate surface area is 130 Å². The van der Waals surface area contributed by atoms with Crippen LogP contribution in [0.2, 0.25) is 0 Å². The standard InChI is InChI=1S/C16H26BrN3/c1-2-3-4-12-5-7-13(8-6-12)16-19-18-15(11-17)20(16)14-9-10-14/h12-14H,2-11H2,1H3. The Kier molecular flexibility index (Phi) is 4.79. The van der Waals surface area contributed by atoms with Gasteiger partial charge in [0.2, 0.25) is 0 Å². The van der Waals surface area contributed by atoms with E-state index in [1.54, 1.807) is 0 Å². The van der Waals surface area contributed by atoms with Gasteiger partial charge >= 0.3 is 0 Å². The predicted molar refractivity (Wildman–Crippen MR) is 85.1 cm³/mol. The van der Waals surface area contributed by atoms with Crippen molar-refractivity contribution in [3.05, 3.63) is 11.6 Å². The van der Waals surface area contributed by atoms with E-state index in [1.165, 1.54) is 63.6 Å². The molecule has 112 valence electrons. The molecule has 0 spiro atoms. The first-order valence-corrected chi connectivity index (χ1v) is 9.45. The fourth-order valence-electron chi connectivity index (χ4n) is 3.64. The van der Waals surface area contributed by atoms with Crippen LogP contribution in [0.5, 0.6) is 0 Å². The Bertz CT molecular complexity index is 431. The Hall–Kier alpha value is -0.380. The molecule has 1 heterocycles. The summed E-state index contributed by atoms with van der Waals surface area (Å²) in [6, 6.07) is 0.699. The Morgan fingerprint density at radius 3 is 2.45 bits per heavy atom. The molecule has 0 radical (unpaired) electrons. The van der Waals surface area contributed by atoms with Crippen molar-refractivity contribution < 1.29 is 0 Å². The fourth-order valence-corrected chi connectivity index (χ4v) is 4.02. The second kappa shape index (κ2) is 6.59. The van der Waals surface area contributed by atoms with Crippen molar-refractivity contribution in [1.29, 1.82) is 0 Å². The van der Waals surface area contributed by atoms with Crippen LogP contribution in [-0.4, -0.2) is 14.8 Å². The highest BCUT2D eigenvalue weighted by Gasteiger charge is 2.33. The van der Waals surface area contributed by atoms with Gasteiger partial charge in [-0.25, -0.2) is 0 Å². The average Bonchev–Trinajstić information content (AvgIpc) is 3.24. The van der Waals surface area contributed by atoms with E-state index in [0.29, 0.717) is 12.0 Å². The number of alkyl halides is 1. The molecule has 0 N–H and O–H groups in total. The molecule has 4 heteroatoms. The number of nitrogens with zero attached hydrogens (tertiary/aromatic N) is 3. The SMILES string of the molecule is CCCCC1CCC(c2nnc(CBr)n2C2CC2)CC1. The molecule has 0 saturated heterocycles. The summed E-state index contributed by atoms with van der Waals surface area (Å²) >= 11 is 3.56. The molecule has 0 atom stereocenters. The molecule has 0 amide bonds. The first-order chi connectivity index (χ1) is 9.83. The van der Waals surface area contributed by atoms with Gasteiger partial charge in [0.05, 0.1) is 5.33 Å². The molecule has 3 nitrogen and oxygen atoms in total. The first-order valence-electron chi connectivity index (χ1n) is 8.33. The molecular formula is C16H26BrN3. The zero-order chi connectivity index (χ0) is 13.9. The minimum atomic E-state index is 0.661. The van der Waals surface area contributed by atoms with Crippen LogP contribution in [0.25, 0.3) is 0 Å². The van der Waals surface area contributed by atoms with E-state index in [9.17, 15) is 0 Å². The van der Waals surface area contributed by atoms with Crippen LogP contribution in [0.3, 0.4) is 0 Å². The molecule has 0 unspecified atom stereocenters. The van der Waals surface area contributed by atoms with Gasteiger partial charge in [0.25, 0.3) is 0 Å². The lowest BCUT2D eigenvalue weighted by molar-refractivity contribution is 0.294. The lowest BCUT2D eigenvalue weighted by Crippen LogP contribution is -2.17. The summed E-state index contributed by atoms with van der Waals surface area (Å²) in [6.45, 7) is 2.30. The number of aromatic nitrogens is 3. The first kappa shape index (κ1) is 14.6. The zero-order valence-electron chi connectivity index (χ0n) is 12.5. The van der Waals surface area contributed by atoms with E-state index in [1.807, 2.05) is 0 Å². The van der Waals surface area contributed by atoms with Gasteiger partial charge in [-0.2, -0.15) is 0 Å². The summed E-state index contributed by atoms with van der Waals surface area (Å²) < 4.78 is 2.45. The number of hydrogen-bond acceptors (Lipinski definition) is 2. The third-order valence-corrected chi connectivity index (χ3v) is 5.50. The highest BCUT2D eigenvalue weighted by Crippen LogP contribution is 2.42. The second-order valence-electron chi connectivity index (χ2n) is 6.57. The summed E-state index contributed by atoms with van der Waals surface area (Å²) in [6.07, 6.45) is 12.2. The van der Waals surface area contributed by atoms with Crippen LogP contribution < -0.4 is 0 Å². The summed E-state index contributed by atoms with van der Waals surface area (Å²) in [5, 5.41) is 9.78. The smallest absolute Gasteiger partial charge is 0.143 e. The zero-order valence-corrected chi connectivity index (χ0v) is 14.1. The Balaban J connectivity index is 1.64. The van der Waals surface area contributed by atoms with Gasteiger partial charge in [0, 0.05) is 12.0 Å². The molecule has 0 aliphatic heterocycles. The normalized spacial score (nSPS) is 26.9. The van der Waals surface area contributed by atoms with Crippen LogP contribution in [0.15, 0.2) is 0 Å². The van der Waals surface area contributed by atoms with E-state index in [4.69, 9.17) is 0 Å². The van der Waals surface area contributed by atoms with Crippen molar-refractivity contribution >= 4 is 15.9 Å². The molecule has 2 saturated carbocycles. The summed E-state index contributed by atoms with van der Waals surface area (Å²) in [7, 11) is 0. The number of unbranched alkanes of at least 4 members (excludes halogenated alkanes) is 1. The van der Waals surface area contributed by atoms with Gasteiger partial charge in [0.15, 0.2) is 0 Å². The van der Waals surface area contributed by atoms with Gasteiger partial charge in [0.1, 0.15) is 11.6 Å². The molecular weight excluding hydrogens is 314 g/mol. The summed E-state index contributed by atoms with van der Waals surface area (Å²) in [5.41, 5.74) is 0. The van der Waals surface area contributed by atoms with Crippen LogP contribution in [0.1, 0.15) is 88.3 Å². The van der Waals surface area contributed by atoms with Crippen LogP contribution >= 0.6 is 15.9 Å². The molecule has 0 aromatic carbocycles. The van der Waals surface area contributed by atoms with Crippen LogP contribution in [0, 0.1) is 5.92 Å². The third kappa shape index (κ3) is 3.10. The van der Waals surface area contributed by atoms with Crippen LogP contribution in [-0.2, 0) is 5.33 Å². The number of halogens is 1. The predicted octanol–water partition coefficient (Wildman–Crippen LogP) is 4.97. The van der Waals surface area contributed by atoms with Crippen molar-refractivity contribution in [3.63, 3.8) is 0 Å². The van der Waals surface area contributed by atoms with E-state index in [-0.39, 0.29) is 0 Å². The van der Waals surface area contributed by atoms with Crippen molar-refractivity contribution in [2.45, 2.75) is 82.0 Å². The largest absolute Gasteiger partial charge is 0.311 e. The van der Waals surface area contributed by atoms with E-state index in [2.05, 4.69) is 37.6 Å². The molecule has 2 aliphatic rings. The maximum absolute atomic E-state index is 4.54. The van der Waals surface area contributed by atoms with Gasteiger partial charge in [-0.1, -0.05) is 42.1 Å². The summed E-state index contributed by atoms with van der Waals surface area (Å²) in [4.78, 5) is 0. The minimum absolute atomic E-state index is 0.661. The minimum Gasteiger partial charge on any atom is -0.311 e. The van der Waals surface area contributed by atoms with Gasteiger partial charge in [-0.05, 0) is 44.4 Å². The van der Waals surface area contributed by atoms with Crippen molar-refractivity contribution in [1.82, 2.24) is 14.8 Å². The molecule has 1 aromatic heterocycles. The quantitative estimate of drug-likeness (QED) is 0.685.